The van der Waals surface area contributed by atoms with Crippen LogP contribution in [0.3, 0.4) is 0 Å². The van der Waals surface area contributed by atoms with E-state index < -0.39 is 29.6 Å². The van der Waals surface area contributed by atoms with Crippen LogP contribution in [0.2, 0.25) is 0 Å². The molecule has 1 aliphatic heterocycles. The number of rotatable bonds is 7. The Hall–Kier alpha value is -4.46. The maximum absolute atomic E-state index is 14.1. The lowest BCUT2D eigenvalue weighted by molar-refractivity contribution is -0.149. The third-order valence-electron chi connectivity index (χ3n) is 6.44. The maximum Gasteiger partial charge on any atom is 0.304 e. The molecular weight excluding hydrogens is 470 g/mol. The van der Waals surface area contributed by atoms with Gasteiger partial charge in [-0.15, -0.1) is 0 Å². The Morgan fingerprint density at radius 3 is 1.95 bits per heavy atom. The number of benzene rings is 3. The largest absolute Gasteiger partial charge is 0.481 e. The summed E-state index contributed by atoms with van der Waals surface area (Å²) in [6.07, 6.45) is -0.723. The first-order valence-corrected chi connectivity index (χ1v) is 12.0. The molecule has 0 fully saturated rings. The van der Waals surface area contributed by atoms with Gasteiger partial charge >= 0.3 is 5.97 Å². The molecule has 0 radical (unpaired) electrons. The third-order valence-corrected chi connectivity index (χ3v) is 6.44. The molecule has 3 amide bonds. The summed E-state index contributed by atoms with van der Waals surface area (Å²) in [5.74, 6) is -3.06. The molecule has 3 aromatic rings. The van der Waals surface area contributed by atoms with Crippen molar-refractivity contribution >= 4 is 46.4 Å². The molecule has 1 N–H and O–H groups in total. The van der Waals surface area contributed by atoms with E-state index in [2.05, 4.69) is 0 Å². The molecule has 0 saturated carbocycles. The van der Waals surface area contributed by atoms with Gasteiger partial charge in [0.15, 0.2) is 0 Å². The number of carbonyl (C=O) groups excluding carboxylic acids is 3. The standard InChI is InChI=1S/C29H29N3O5/c1-20(2)31(21-12-6-4-7-13-21)25(33)19-30-23-16-10-11-17-24(23)32(22-14-8-5-9-15-22)28(37)29(3,27(30)36)18-26(34)35/h4-17,20H,18-19H2,1-3H3,(H,34,35). The van der Waals surface area contributed by atoms with E-state index in [9.17, 15) is 24.3 Å². The second kappa shape index (κ2) is 10.3. The van der Waals surface area contributed by atoms with Gasteiger partial charge in [-0.05, 0) is 57.2 Å². The van der Waals surface area contributed by atoms with Gasteiger partial charge in [-0.3, -0.25) is 29.0 Å². The highest BCUT2D eigenvalue weighted by atomic mass is 16.4. The van der Waals surface area contributed by atoms with E-state index in [1.807, 2.05) is 44.2 Å². The highest BCUT2D eigenvalue weighted by molar-refractivity contribution is 6.24. The fourth-order valence-corrected chi connectivity index (χ4v) is 4.71. The van der Waals surface area contributed by atoms with E-state index in [4.69, 9.17) is 0 Å². The van der Waals surface area contributed by atoms with E-state index >= 15 is 0 Å². The summed E-state index contributed by atoms with van der Waals surface area (Å²) in [7, 11) is 0. The van der Waals surface area contributed by atoms with Crippen molar-refractivity contribution in [2.75, 3.05) is 21.2 Å². The molecule has 8 heteroatoms. The van der Waals surface area contributed by atoms with Crippen LogP contribution in [0.5, 0.6) is 0 Å². The molecule has 4 rings (SSSR count). The van der Waals surface area contributed by atoms with Crippen LogP contribution in [0.15, 0.2) is 84.9 Å². The van der Waals surface area contributed by atoms with Crippen LogP contribution in [-0.4, -0.2) is 41.4 Å². The fraction of sp³-hybridized carbons (Fsp3) is 0.241. The molecule has 190 valence electrons. The Labute approximate surface area is 215 Å². The number of carboxylic acids is 1. The van der Waals surface area contributed by atoms with Gasteiger partial charge in [0.1, 0.15) is 12.0 Å². The first-order valence-electron chi connectivity index (χ1n) is 12.0. The Morgan fingerprint density at radius 1 is 0.838 bits per heavy atom. The topological polar surface area (TPSA) is 98.2 Å². The third kappa shape index (κ3) is 4.82. The van der Waals surface area contributed by atoms with E-state index in [0.29, 0.717) is 22.7 Å². The molecule has 0 aromatic heterocycles. The lowest BCUT2D eigenvalue weighted by Crippen LogP contribution is -2.53. The molecule has 1 atom stereocenters. The number of hydrogen-bond acceptors (Lipinski definition) is 4. The predicted molar refractivity (Wildman–Crippen MR) is 142 cm³/mol. The average Bonchev–Trinajstić information content (AvgIpc) is 2.93. The van der Waals surface area contributed by atoms with Gasteiger partial charge in [-0.2, -0.15) is 0 Å². The minimum absolute atomic E-state index is 0.208. The van der Waals surface area contributed by atoms with Gasteiger partial charge in [0.25, 0.3) is 0 Å². The Bertz CT molecular complexity index is 1330. The number of anilines is 4. The van der Waals surface area contributed by atoms with Crippen LogP contribution in [0, 0.1) is 5.41 Å². The van der Waals surface area contributed by atoms with Crippen molar-refractivity contribution in [1.82, 2.24) is 0 Å². The lowest BCUT2D eigenvalue weighted by Gasteiger charge is -2.33. The second-order valence-electron chi connectivity index (χ2n) is 9.45. The van der Waals surface area contributed by atoms with Crippen molar-refractivity contribution in [2.24, 2.45) is 5.41 Å². The molecule has 3 aromatic carbocycles. The summed E-state index contributed by atoms with van der Waals surface area (Å²) in [6.45, 7) is 4.72. The second-order valence-corrected chi connectivity index (χ2v) is 9.45. The monoisotopic (exact) mass is 499 g/mol. The van der Waals surface area contributed by atoms with Crippen molar-refractivity contribution in [3.05, 3.63) is 84.9 Å². The van der Waals surface area contributed by atoms with Crippen molar-refractivity contribution in [2.45, 2.75) is 33.2 Å². The number of para-hydroxylation sites is 4. The van der Waals surface area contributed by atoms with Crippen molar-refractivity contribution in [1.29, 1.82) is 0 Å². The SMILES string of the molecule is CC(C)N(C(=O)CN1C(=O)C(C)(CC(=O)O)C(=O)N(c2ccccc2)c2ccccc21)c1ccccc1. The van der Waals surface area contributed by atoms with Crippen LogP contribution in [0.25, 0.3) is 0 Å². The lowest BCUT2D eigenvalue weighted by atomic mass is 9.83. The molecule has 0 bridgehead atoms. The number of amides is 3. The van der Waals surface area contributed by atoms with Gasteiger partial charge in [0.2, 0.25) is 17.7 Å². The van der Waals surface area contributed by atoms with Crippen molar-refractivity contribution in [3.8, 4) is 0 Å². The summed E-state index contributed by atoms with van der Waals surface area (Å²) in [6, 6.07) is 24.5. The van der Waals surface area contributed by atoms with Crippen LogP contribution < -0.4 is 14.7 Å². The number of fused-ring (bicyclic) bond motifs is 1. The van der Waals surface area contributed by atoms with Gasteiger partial charge in [0, 0.05) is 17.4 Å². The highest BCUT2D eigenvalue weighted by Crippen LogP contribution is 2.44. The van der Waals surface area contributed by atoms with E-state index in [-0.39, 0.29) is 18.5 Å². The first-order chi connectivity index (χ1) is 17.6. The minimum atomic E-state index is -1.95. The van der Waals surface area contributed by atoms with Crippen LogP contribution in [-0.2, 0) is 19.2 Å². The van der Waals surface area contributed by atoms with Gasteiger partial charge in [-0.25, -0.2) is 0 Å². The van der Waals surface area contributed by atoms with Crippen LogP contribution in [0.4, 0.5) is 22.7 Å². The maximum atomic E-state index is 14.1. The van der Waals surface area contributed by atoms with E-state index in [1.165, 1.54) is 16.7 Å². The number of carbonyl (C=O) groups is 4. The molecule has 1 heterocycles. The van der Waals surface area contributed by atoms with Crippen molar-refractivity contribution in [3.63, 3.8) is 0 Å². The molecule has 0 saturated heterocycles. The average molecular weight is 500 g/mol. The van der Waals surface area contributed by atoms with E-state index in [1.54, 1.807) is 59.5 Å². The summed E-state index contributed by atoms with van der Waals surface area (Å²) in [5.41, 5.74) is -0.0381. The van der Waals surface area contributed by atoms with Gasteiger partial charge < -0.3 is 10.0 Å². The molecule has 37 heavy (non-hydrogen) atoms. The fourth-order valence-electron chi connectivity index (χ4n) is 4.71. The van der Waals surface area contributed by atoms with Crippen molar-refractivity contribution < 1.29 is 24.3 Å². The molecule has 8 nitrogen and oxygen atoms in total. The number of carboxylic acid groups (broad SMARTS) is 1. The molecule has 1 aliphatic rings. The quantitative estimate of drug-likeness (QED) is 0.479. The zero-order valence-corrected chi connectivity index (χ0v) is 21.0. The first kappa shape index (κ1) is 25.6. The number of aliphatic carboxylic acids is 1. The molecular formula is C29H29N3O5. The van der Waals surface area contributed by atoms with Gasteiger partial charge in [-0.1, -0.05) is 48.5 Å². The molecule has 0 spiro atoms. The zero-order valence-electron chi connectivity index (χ0n) is 21.0. The van der Waals surface area contributed by atoms with Crippen LogP contribution >= 0.6 is 0 Å². The molecule has 0 aliphatic carbocycles. The van der Waals surface area contributed by atoms with Gasteiger partial charge in [0.05, 0.1) is 17.8 Å². The Morgan fingerprint density at radius 2 is 1.38 bits per heavy atom. The summed E-state index contributed by atoms with van der Waals surface area (Å²) < 4.78 is 0. The normalized spacial score (nSPS) is 17.4. The highest BCUT2D eigenvalue weighted by Gasteiger charge is 2.52. The smallest absolute Gasteiger partial charge is 0.304 e. The minimum Gasteiger partial charge on any atom is -0.481 e. The number of hydrogen-bond donors (Lipinski definition) is 1. The summed E-state index contributed by atoms with van der Waals surface area (Å²) >= 11 is 0. The van der Waals surface area contributed by atoms with Crippen LogP contribution in [0.1, 0.15) is 27.2 Å². The predicted octanol–water partition coefficient (Wildman–Crippen LogP) is 4.62. The molecule has 1 unspecified atom stereocenters. The van der Waals surface area contributed by atoms with E-state index in [0.717, 1.165) is 0 Å². The zero-order chi connectivity index (χ0) is 26.7. The Balaban J connectivity index is 1.87. The number of nitrogens with zero attached hydrogens (tertiary/aromatic N) is 3. The summed E-state index contributed by atoms with van der Waals surface area (Å²) in [5, 5.41) is 9.69. The Kier molecular flexibility index (Phi) is 7.11. The summed E-state index contributed by atoms with van der Waals surface area (Å²) in [4.78, 5) is 57.9.